The van der Waals surface area contributed by atoms with Gasteiger partial charge in [0.1, 0.15) is 12.4 Å². The molecule has 3 aliphatic rings. The van der Waals surface area contributed by atoms with Gasteiger partial charge in [0, 0.05) is 6.42 Å². The van der Waals surface area contributed by atoms with Gasteiger partial charge in [-0.3, -0.25) is 0 Å². The van der Waals surface area contributed by atoms with Gasteiger partial charge in [-0.25, -0.2) is 4.68 Å². The van der Waals surface area contributed by atoms with E-state index in [0.29, 0.717) is 24.5 Å². The van der Waals surface area contributed by atoms with Crippen LogP contribution in [0.3, 0.4) is 0 Å². The summed E-state index contributed by atoms with van der Waals surface area (Å²) in [5, 5.41) is 12.6. The SMILES string of the molecule is C[C@H]1n2nnnc2C[C@H]2[C@@H]3CCc4cc(OCc5ccccc5)ccc4[C@H]3CC[C@@]21C. The Morgan fingerprint density at radius 3 is 2.87 bits per heavy atom. The second-order valence-corrected chi connectivity index (χ2v) is 10.0. The number of hydrogen-bond donors (Lipinski definition) is 0. The number of tetrazole rings is 1. The van der Waals surface area contributed by atoms with Crippen LogP contribution in [0.15, 0.2) is 48.5 Å². The van der Waals surface area contributed by atoms with Gasteiger partial charge in [-0.05, 0) is 95.0 Å². The third-order valence-electron chi connectivity index (χ3n) is 8.67. The molecule has 6 rings (SSSR count). The van der Waals surface area contributed by atoms with Crippen LogP contribution in [0.25, 0.3) is 0 Å². The first-order chi connectivity index (χ1) is 15.1. The highest BCUT2D eigenvalue weighted by molar-refractivity contribution is 5.41. The Balaban J connectivity index is 1.25. The maximum absolute atomic E-state index is 6.12. The fourth-order valence-electron chi connectivity index (χ4n) is 6.76. The molecule has 3 aromatic rings. The summed E-state index contributed by atoms with van der Waals surface area (Å²) in [6.07, 6.45) is 5.92. The number of aromatic nitrogens is 4. The van der Waals surface area contributed by atoms with Gasteiger partial charge < -0.3 is 4.74 Å². The third-order valence-corrected chi connectivity index (χ3v) is 8.67. The molecule has 1 aliphatic heterocycles. The molecule has 5 heteroatoms. The van der Waals surface area contributed by atoms with E-state index in [2.05, 4.69) is 76.5 Å². The third kappa shape index (κ3) is 3.00. The number of hydrogen-bond acceptors (Lipinski definition) is 4. The Bertz CT molecular complexity index is 1090. The van der Waals surface area contributed by atoms with E-state index >= 15 is 0 Å². The summed E-state index contributed by atoms with van der Waals surface area (Å²) in [6.45, 7) is 5.43. The van der Waals surface area contributed by atoms with Crippen LogP contribution < -0.4 is 4.74 Å². The number of rotatable bonds is 3. The van der Waals surface area contributed by atoms with E-state index < -0.39 is 0 Å². The zero-order valence-corrected chi connectivity index (χ0v) is 18.4. The van der Waals surface area contributed by atoms with E-state index in [1.807, 2.05) is 6.07 Å². The number of aryl methyl sites for hydroxylation is 1. The molecule has 0 amide bonds. The van der Waals surface area contributed by atoms with Gasteiger partial charge in [-0.2, -0.15) is 0 Å². The van der Waals surface area contributed by atoms with E-state index in [4.69, 9.17) is 4.74 Å². The van der Waals surface area contributed by atoms with Crippen molar-refractivity contribution >= 4 is 0 Å². The van der Waals surface area contributed by atoms with Crippen molar-refractivity contribution in [3.05, 3.63) is 71.0 Å². The molecule has 0 spiro atoms. The van der Waals surface area contributed by atoms with Crippen LogP contribution >= 0.6 is 0 Å². The van der Waals surface area contributed by atoms with Crippen LogP contribution in [0.1, 0.15) is 67.6 Å². The molecule has 0 radical (unpaired) electrons. The number of fused-ring (bicyclic) bond motifs is 6. The van der Waals surface area contributed by atoms with Gasteiger partial charge in [0.2, 0.25) is 0 Å². The molecule has 0 N–H and O–H groups in total. The molecule has 0 bridgehead atoms. The Hall–Kier alpha value is -2.69. The van der Waals surface area contributed by atoms with Crippen LogP contribution in [0.5, 0.6) is 5.75 Å². The van der Waals surface area contributed by atoms with Crippen molar-refractivity contribution in [3.63, 3.8) is 0 Å². The monoisotopic (exact) mass is 414 g/mol. The van der Waals surface area contributed by atoms with E-state index in [0.717, 1.165) is 30.3 Å². The fourth-order valence-corrected chi connectivity index (χ4v) is 6.76. The molecular formula is C26H30N4O. The van der Waals surface area contributed by atoms with Crippen LogP contribution in [0, 0.1) is 17.3 Å². The summed E-state index contributed by atoms with van der Waals surface area (Å²) < 4.78 is 8.20. The zero-order valence-electron chi connectivity index (χ0n) is 18.4. The topological polar surface area (TPSA) is 52.8 Å². The summed E-state index contributed by atoms with van der Waals surface area (Å²) >= 11 is 0. The number of nitrogens with zero attached hydrogens (tertiary/aromatic N) is 4. The molecule has 2 heterocycles. The molecule has 5 atom stereocenters. The predicted molar refractivity (Wildman–Crippen MR) is 119 cm³/mol. The Kier molecular flexibility index (Phi) is 4.41. The molecule has 0 unspecified atom stereocenters. The summed E-state index contributed by atoms with van der Waals surface area (Å²) in [6, 6.07) is 17.6. The first-order valence-corrected chi connectivity index (χ1v) is 11.7. The fraction of sp³-hybridized carbons (Fsp3) is 0.500. The second-order valence-electron chi connectivity index (χ2n) is 10.0. The minimum absolute atomic E-state index is 0.278. The van der Waals surface area contributed by atoms with Gasteiger partial charge in [0.15, 0.2) is 5.82 Å². The first kappa shape index (κ1) is 19.0. The Morgan fingerprint density at radius 2 is 2.00 bits per heavy atom. The summed E-state index contributed by atoms with van der Waals surface area (Å²) in [5.41, 5.74) is 4.53. The number of benzene rings is 2. The molecule has 1 fully saturated rings. The lowest BCUT2D eigenvalue weighted by atomic mass is 9.51. The van der Waals surface area contributed by atoms with E-state index in [1.165, 1.54) is 30.4 Å². The maximum Gasteiger partial charge on any atom is 0.151 e. The van der Waals surface area contributed by atoms with E-state index in [9.17, 15) is 0 Å². The highest BCUT2D eigenvalue weighted by Gasteiger charge is 2.54. The van der Waals surface area contributed by atoms with E-state index in [1.54, 1.807) is 5.56 Å². The predicted octanol–water partition coefficient (Wildman–Crippen LogP) is 5.13. The molecular weight excluding hydrogens is 384 g/mol. The van der Waals surface area contributed by atoms with Gasteiger partial charge >= 0.3 is 0 Å². The summed E-state index contributed by atoms with van der Waals surface area (Å²) in [4.78, 5) is 0. The molecule has 31 heavy (non-hydrogen) atoms. The average molecular weight is 415 g/mol. The molecule has 160 valence electrons. The molecule has 2 aromatic carbocycles. The zero-order chi connectivity index (χ0) is 21.0. The van der Waals surface area contributed by atoms with Gasteiger partial charge in [-0.1, -0.05) is 43.3 Å². The van der Waals surface area contributed by atoms with Crippen molar-refractivity contribution in [2.24, 2.45) is 17.3 Å². The number of ether oxygens (including phenoxy) is 1. The van der Waals surface area contributed by atoms with Gasteiger partial charge in [0.25, 0.3) is 0 Å². The maximum atomic E-state index is 6.12. The molecule has 0 saturated heterocycles. The quantitative estimate of drug-likeness (QED) is 0.596. The molecule has 1 aromatic heterocycles. The Labute approximate surface area is 183 Å². The summed E-state index contributed by atoms with van der Waals surface area (Å²) in [5.74, 6) is 4.09. The largest absolute Gasteiger partial charge is 0.489 e. The molecule has 2 aliphatic carbocycles. The minimum Gasteiger partial charge on any atom is -0.489 e. The Morgan fingerprint density at radius 1 is 1.13 bits per heavy atom. The standard InChI is InChI=1S/C26H30N4O/c1-17-26(2)13-12-22-21-11-9-20(31-16-18-6-4-3-5-7-18)14-19(21)8-10-23(22)24(26)15-25-27-28-29-30(17)25/h3-7,9,11,14,17,22-24H,8,10,12-13,15-16H2,1-2H3/t17-,22-,23-,24+,26-/m1/s1. The highest BCUT2D eigenvalue weighted by atomic mass is 16.5. The molecule has 5 nitrogen and oxygen atoms in total. The normalized spacial score (nSPS) is 31.2. The van der Waals surface area contributed by atoms with Crippen molar-refractivity contribution in [3.8, 4) is 5.75 Å². The lowest BCUT2D eigenvalue weighted by Crippen LogP contribution is -2.50. The van der Waals surface area contributed by atoms with Crippen molar-refractivity contribution in [1.82, 2.24) is 20.2 Å². The minimum atomic E-state index is 0.278. The van der Waals surface area contributed by atoms with Crippen LogP contribution in [-0.2, 0) is 19.4 Å². The summed E-state index contributed by atoms with van der Waals surface area (Å²) in [7, 11) is 0. The van der Waals surface area contributed by atoms with Crippen LogP contribution in [0.4, 0.5) is 0 Å². The highest BCUT2D eigenvalue weighted by Crippen LogP contribution is 2.60. The van der Waals surface area contributed by atoms with Gasteiger partial charge in [0.05, 0.1) is 6.04 Å². The van der Waals surface area contributed by atoms with E-state index in [-0.39, 0.29) is 5.41 Å². The van der Waals surface area contributed by atoms with Crippen LogP contribution in [-0.4, -0.2) is 20.2 Å². The lowest BCUT2D eigenvalue weighted by Gasteiger charge is -2.56. The van der Waals surface area contributed by atoms with Gasteiger partial charge in [-0.15, -0.1) is 5.10 Å². The van der Waals surface area contributed by atoms with Crippen molar-refractivity contribution in [2.45, 2.75) is 64.5 Å². The van der Waals surface area contributed by atoms with Crippen molar-refractivity contribution in [2.75, 3.05) is 0 Å². The van der Waals surface area contributed by atoms with Crippen molar-refractivity contribution < 1.29 is 4.74 Å². The second kappa shape index (κ2) is 7.18. The first-order valence-electron chi connectivity index (χ1n) is 11.7. The average Bonchev–Trinajstić information content (AvgIpc) is 3.28. The van der Waals surface area contributed by atoms with Crippen molar-refractivity contribution in [1.29, 1.82) is 0 Å². The van der Waals surface area contributed by atoms with Crippen LogP contribution in [0.2, 0.25) is 0 Å². The smallest absolute Gasteiger partial charge is 0.151 e. The lowest BCUT2D eigenvalue weighted by molar-refractivity contribution is -0.0290. The molecule has 1 saturated carbocycles.